The van der Waals surface area contributed by atoms with Gasteiger partial charge in [-0.3, -0.25) is 9.59 Å². The average Bonchev–Trinajstić information content (AvgIpc) is 2.56. The van der Waals surface area contributed by atoms with Gasteiger partial charge in [0.2, 0.25) is 5.91 Å². The monoisotopic (exact) mass is 313 g/mol. The van der Waals surface area contributed by atoms with Gasteiger partial charge in [0.15, 0.2) is 0 Å². The number of hydrogen-bond acceptors (Lipinski definition) is 2. The summed E-state index contributed by atoms with van der Waals surface area (Å²) in [5.74, 6) is -1.44. The van der Waals surface area contributed by atoms with Gasteiger partial charge in [0, 0.05) is 13.0 Å². The van der Waals surface area contributed by atoms with Crippen LogP contribution in [0.2, 0.25) is 0 Å². The standard InChI is InChI=1S/C19H23NO3/c1-2-5-17(19(22)23)13-20-18(21)11-9-14-8-10-15-6-3-4-7-16(15)12-14/h3-4,6-8,10,12,17H,2,5,9,11,13H2,1H3,(H,20,21)(H,22,23). The zero-order valence-corrected chi connectivity index (χ0v) is 13.4. The first-order chi connectivity index (χ1) is 11.1. The van der Waals surface area contributed by atoms with Crippen molar-refractivity contribution in [2.75, 3.05) is 6.54 Å². The third-order valence-electron chi connectivity index (χ3n) is 3.99. The molecule has 2 rings (SSSR count). The van der Waals surface area contributed by atoms with Crippen LogP contribution >= 0.6 is 0 Å². The summed E-state index contributed by atoms with van der Waals surface area (Å²) < 4.78 is 0. The predicted molar refractivity (Wildman–Crippen MR) is 91.3 cm³/mol. The second-order valence-corrected chi connectivity index (χ2v) is 5.81. The van der Waals surface area contributed by atoms with E-state index in [0.717, 1.165) is 12.0 Å². The zero-order chi connectivity index (χ0) is 16.7. The number of hydrogen-bond donors (Lipinski definition) is 2. The molecule has 1 unspecified atom stereocenters. The van der Waals surface area contributed by atoms with Crippen molar-refractivity contribution in [1.82, 2.24) is 5.32 Å². The maximum atomic E-state index is 11.9. The van der Waals surface area contributed by atoms with E-state index in [2.05, 4.69) is 29.6 Å². The van der Waals surface area contributed by atoms with E-state index in [0.29, 0.717) is 19.3 Å². The van der Waals surface area contributed by atoms with Gasteiger partial charge in [0.25, 0.3) is 0 Å². The highest BCUT2D eigenvalue weighted by Gasteiger charge is 2.17. The summed E-state index contributed by atoms with van der Waals surface area (Å²) >= 11 is 0. The number of nitrogens with one attached hydrogen (secondary N) is 1. The average molecular weight is 313 g/mol. The maximum absolute atomic E-state index is 11.9. The molecule has 0 bridgehead atoms. The van der Waals surface area contributed by atoms with Crippen LogP contribution in [0.25, 0.3) is 10.8 Å². The van der Waals surface area contributed by atoms with Crippen molar-refractivity contribution in [3.05, 3.63) is 48.0 Å². The lowest BCUT2D eigenvalue weighted by Crippen LogP contribution is -2.33. The summed E-state index contributed by atoms with van der Waals surface area (Å²) in [5, 5.41) is 14.2. The molecule has 23 heavy (non-hydrogen) atoms. The fourth-order valence-electron chi connectivity index (χ4n) is 2.64. The molecule has 0 spiro atoms. The van der Waals surface area contributed by atoms with Gasteiger partial charge >= 0.3 is 5.97 Å². The molecule has 1 atom stereocenters. The summed E-state index contributed by atoms with van der Waals surface area (Å²) in [6.45, 7) is 2.15. The van der Waals surface area contributed by atoms with Gasteiger partial charge in [-0.05, 0) is 29.2 Å². The summed E-state index contributed by atoms with van der Waals surface area (Å²) in [6, 6.07) is 14.3. The van der Waals surface area contributed by atoms with Gasteiger partial charge in [0.05, 0.1) is 5.92 Å². The Morgan fingerprint density at radius 2 is 1.87 bits per heavy atom. The Morgan fingerprint density at radius 3 is 2.57 bits per heavy atom. The Hall–Kier alpha value is -2.36. The SMILES string of the molecule is CCCC(CNC(=O)CCc1ccc2ccccc2c1)C(=O)O. The van der Waals surface area contributed by atoms with Crippen molar-refractivity contribution in [1.29, 1.82) is 0 Å². The lowest BCUT2D eigenvalue weighted by molar-refractivity contribution is -0.141. The first-order valence-electron chi connectivity index (χ1n) is 8.07. The second kappa shape index (κ2) is 8.32. The Bertz CT molecular complexity index is 681. The van der Waals surface area contributed by atoms with E-state index >= 15 is 0 Å². The molecule has 0 radical (unpaired) electrons. The molecule has 0 saturated carbocycles. The van der Waals surface area contributed by atoms with Crippen LogP contribution in [0, 0.1) is 5.92 Å². The van der Waals surface area contributed by atoms with Crippen molar-refractivity contribution in [3.63, 3.8) is 0 Å². The topological polar surface area (TPSA) is 66.4 Å². The molecule has 0 aromatic heterocycles. The maximum Gasteiger partial charge on any atom is 0.308 e. The van der Waals surface area contributed by atoms with E-state index in [1.54, 1.807) is 0 Å². The number of rotatable bonds is 8. The zero-order valence-electron chi connectivity index (χ0n) is 13.4. The van der Waals surface area contributed by atoms with Gasteiger partial charge in [-0.15, -0.1) is 0 Å². The molecule has 0 heterocycles. The highest BCUT2D eigenvalue weighted by molar-refractivity contribution is 5.83. The summed E-state index contributed by atoms with van der Waals surface area (Å²) in [5.41, 5.74) is 1.11. The minimum Gasteiger partial charge on any atom is -0.481 e. The number of aryl methyl sites for hydroxylation is 1. The van der Waals surface area contributed by atoms with Gasteiger partial charge in [-0.2, -0.15) is 0 Å². The van der Waals surface area contributed by atoms with Crippen LogP contribution in [-0.2, 0) is 16.0 Å². The molecule has 2 N–H and O–H groups in total. The largest absolute Gasteiger partial charge is 0.481 e. The van der Waals surface area contributed by atoms with Crippen LogP contribution in [0.4, 0.5) is 0 Å². The number of carbonyl (C=O) groups is 2. The predicted octanol–water partition coefficient (Wildman–Crippen LogP) is 3.39. The molecule has 122 valence electrons. The van der Waals surface area contributed by atoms with Crippen LogP contribution in [0.5, 0.6) is 0 Å². The van der Waals surface area contributed by atoms with Crippen LogP contribution in [0.3, 0.4) is 0 Å². The van der Waals surface area contributed by atoms with E-state index in [-0.39, 0.29) is 12.5 Å². The fourth-order valence-corrected chi connectivity index (χ4v) is 2.64. The fraction of sp³-hybridized carbons (Fsp3) is 0.368. The molecule has 0 fully saturated rings. The van der Waals surface area contributed by atoms with Crippen molar-refractivity contribution >= 4 is 22.6 Å². The second-order valence-electron chi connectivity index (χ2n) is 5.81. The summed E-state index contributed by atoms with van der Waals surface area (Å²) in [6.07, 6.45) is 2.41. The van der Waals surface area contributed by atoms with E-state index in [1.807, 2.05) is 25.1 Å². The van der Waals surface area contributed by atoms with Crippen LogP contribution in [-0.4, -0.2) is 23.5 Å². The molecule has 2 aromatic rings. The van der Waals surface area contributed by atoms with Crippen molar-refractivity contribution < 1.29 is 14.7 Å². The third kappa shape index (κ3) is 5.09. The van der Waals surface area contributed by atoms with E-state index < -0.39 is 11.9 Å². The molecule has 1 amide bonds. The third-order valence-corrected chi connectivity index (χ3v) is 3.99. The summed E-state index contributed by atoms with van der Waals surface area (Å²) in [4.78, 5) is 23.0. The van der Waals surface area contributed by atoms with Gasteiger partial charge in [0.1, 0.15) is 0 Å². The van der Waals surface area contributed by atoms with E-state index in [1.165, 1.54) is 10.8 Å². The normalized spacial score (nSPS) is 12.0. The number of carboxylic acids is 1. The Labute approximate surface area is 136 Å². The molecular formula is C19H23NO3. The van der Waals surface area contributed by atoms with Crippen molar-refractivity contribution in [2.45, 2.75) is 32.6 Å². The van der Waals surface area contributed by atoms with Gasteiger partial charge in [-0.1, -0.05) is 55.8 Å². The summed E-state index contributed by atoms with van der Waals surface area (Å²) in [7, 11) is 0. The molecule has 0 aliphatic carbocycles. The molecule has 2 aromatic carbocycles. The van der Waals surface area contributed by atoms with Crippen molar-refractivity contribution in [3.8, 4) is 0 Å². The Morgan fingerprint density at radius 1 is 1.13 bits per heavy atom. The molecule has 0 aliphatic heterocycles. The lowest BCUT2D eigenvalue weighted by atomic mass is 10.0. The highest BCUT2D eigenvalue weighted by Crippen LogP contribution is 2.16. The number of amides is 1. The van der Waals surface area contributed by atoms with E-state index in [4.69, 9.17) is 5.11 Å². The quantitative estimate of drug-likeness (QED) is 0.785. The molecule has 4 heteroatoms. The van der Waals surface area contributed by atoms with Gasteiger partial charge < -0.3 is 10.4 Å². The van der Waals surface area contributed by atoms with Gasteiger partial charge in [-0.25, -0.2) is 0 Å². The minimum atomic E-state index is -0.846. The molecule has 4 nitrogen and oxygen atoms in total. The number of benzene rings is 2. The number of carbonyl (C=O) groups excluding carboxylic acids is 1. The lowest BCUT2D eigenvalue weighted by Gasteiger charge is -2.12. The van der Waals surface area contributed by atoms with Crippen LogP contribution in [0.1, 0.15) is 31.7 Å². The minimum absolute atomic E-state index is 0.0967. The first kappa shape index (κ1) is 17.0. The first-order valence-corrected chi connectivity index (χ1v) is 8.07. The van der Waals surface area contributed by atoms with Crippen LogP contribution in [0.15, 0.2) is 42.5 Å². The highest BCUT2D eigenvalue weighted by atomic mass is 16.4. The van der Waals surface area contributed by atoms with E-state index in [9.17, 15) is 9.59 Å². The Kier molecular flexibility index (Phi) is 6.15. The molecule has 0 saturated heterocycles. The smallest absolute Gasteiger partial charge is 0.308 e. The number of aliphatic carboxylic acids is 1. The van der Waals surface area contributed by atoms with Crippen LogP contribution < -0.4 is 5.32 Å². The van der Waals surface area contributed by atoms with Crippen molar-refractivity contribution in [2.24, 2.45) is 5.92 Å². The molecular weight excluding hydrogens is 290 g/mol. The number of fused-ring (bicyclic) bond motifs is 1. The Balaban J connectivity index is 1.84. The molecule has 0 aliphatic rings. The number of carboxylic acid groups (broad SMARTS) is 1.